The van der Waals surface area contributed by atoms with Crippen LogP contribution in [-0.2, 0) is 6.54 Å². The van der Waals surface area contributed by atoms with Gasteiger partial charge in [-0.2, -0.15) is 10.1 Å². The summed E-state index contributed by atoms with van der Waals surface area (Å²) in [6.45, 7) is 10.4. The van der Waals surface area contributed by atoms with Crippen LogP contribution in [0.3, 0.4) is 0 Å². The molecule has 1 aliphatic heterocycles. The van der Waals surface area contributed by atoms with Gasteiger partial charge in [-0.1, -0.05) is 11.8 Å². The van der Waals surface area contributed by atoms with Crippen molar-refractivity contribution in [2.45, 2.75) is 31.4 Å². The Bertz CT molecular complexity index is 1250. The molecule has 0 spiro atoms. The Morgan fingerprint density at radius 1 is 1.24 bits per heavy atom. The van der Waals surface area contributed by atoms with Gasteiger partial charge in [0.2, 0.25) is 17.9 Å². The molecule has 0 radical (unpaired) electrons. The fraction of sp³-hybridized carbons (Fsp3) is 0.333. The van der Waals surface area contributed by atoms with Crippen molar-refractivity contribution in [1.29, 1.82) is 0 Å². The third kappa shape index (κ3) is 7.57. The summed E-state index contributed by atoms with van der Waals surface area (Å²) in [5.74, 6) is 1.28. The summed E-state index contributed by atoms with van der Waals surface area (Å²) in [6, 6.07) is 6.35. The number of hydrogen-bond acceptors (Lipinski definition) is 9. The van der Waals surface area contributed by atoms with Gasteiger partial charge in [0.05, 0.1) is 24.5 Å². The molecule has 4 rings (SSSR count). The standard InChI is InChI=1S/C24H29FN10OS/c1-17(36)14-35-15-20(13-30-35)31-22-28-16-29-24(32-22)34-10-8-33(9-11-34)23(26-3)27-12-18(2)37-21-6-4-19(25)5-7-21/h4-7,12-13,15-17,36H,3,8-11,14H2,1-2H3,(H,28,29,31,32)/b18-12+,27-23+/t17-/m0/s1. The van der Waals surface area contributed by atoms with E-state index in [-0.39, 0.29) is 5.82 Å². The van der Waals surface area contributed by atoms with Gasteiger partial charge in [0.25, 0.3) is 0 Å². The van der Waals surface area contributed by atoms with Crippen LogP contribution in [0, 0.1) is 5.82 Å². The van der Waals surface area contributed by atoms with Crippen molar-refractivity contribution in [3.8, 4) is 0 Å². The largest absolute Gasteiger partial charge is 0.391 e. The highest BCUT2D eigenvalue weighted by atomic mass is 32.2. The second kappa shape index (κ2) is 12.4. The second-order valence-corrected chi connectivity index (χ2v) is 9.71. The number of aliphatic imine (C=N–C) groups is 2. The van der Waals surface area contributed by atoms with Crippen LogP contribution in [0.2, 0.25) is 0 Å². The average molecular weight is 525 g/mol. The number of anilines is 3. The van der Waals surface area contributed by atoms with Gasteiger partial charge in [-0.05, 0) is 44.8 Å². The SMILES string of the molecule is C=N/C(=N\C=C(/C)Sc1ccc(F)cc1)N1CCN(c2ncnc(Nc3cnn(C[C@H](C)O)c3)n2)CC1. The lowest BCUT2D eigenvalue weighted by Gasteiger charge is -2.35. The normalized spacial score (nSPS) is 15.6. The molecule has 0 saturated carbocycles. The number of thioether (sulfide) groups is 1. The summed E-state index contributed by atoms with van der Waals surface area (Å²) in [5.41, 5.74) is 0.724. The quantitative estimate of drug-likeness (QED) is 0.260. The van der Waals surface area contributed by atoms with Gasteiger partial charge in [0, 0.05) is 48.4 Å². The van der Waals surface area contributed by atoms with E-state index in [4.69, 9.17) is 0 Å². The molecule has 194 valence electrons. The summed E-state index contributed by atoms with van der Waals surface area (Å²) in [4.78, 5) is 27.7. The molecule has 3 heterocycles. The summed E-state index contributed by atoms with van der Waals surface area (Å²) in [6.07, 6.45) is 6.17. The molecule has 0 amide bonds. The molecule has 13 heteroatoms. The minimum atomic E-state index is -0.489. The lowest BCUT2D eigenvalue weighted by molar-refractivity contribution is 0.168. The number of nitrogens with zero attached hydrogens (tertiary/aromatic N) is 9. The zero-order valence-corrected chi connectivity index (χ0v) is 21.5. The third-order valence-electron chi connectivity index (χ3n) is 5.34. The topological polar surface area (TPSA) is 120 Å². The van der Waals surface area contributed by atoms with Crippen molar-refractivity contribution in [3.05, 3.63) is 59.9 Å². The summed E-state index contributed by atoms with van der Waals surface area (Å²) >= 11 is 1.51. The molecule has 3 aromatic rings. The first-order valence-corrected chi connectivity index (χ1v) is 12.5. The van der Waals surface area contributed by atoms with Gasteiger partial charge < -0.3 is 20.2 Å². The molecule has 1 fully saturated rings. The molecule has 1 saturated heterocycles. The van der Waals surface area contributed by atoms with Crippen molar-refractivity contribution in [3.63, 3.8) is 0 Å². The highest BCUT2D eigenvalue weighted by molar-refractivity contribution is 8.03. The maximum absolute atomic E-state index is 13.1. The van der Waals surface area contributed by atoms with E-state index in [1.165, 1.54) is 30.2 Å². The van der Waals surface area contributed by atoms with Crippen molar-refractivity contribution >= 4 is 42.0 Å². The zero-order valence-electron chi connectivity index (χ0n) is 20.7. The predicted molar refractivity (Wildman–Crippen MR) is 144 cm³/mol. The van der Waals surface area contributed by atoms with Crippen LogP contribution in [-0.4, -0.2) is 79.7 Å². The number of piperazine rings is 1. The molecule has 2 aromatic heterocycles. The molecular weight excluding hydrogens is 495 g/mol. The molecule has 1 aliphatic rings. The molecular formula is C24H29FN10OS. The van der Waals surface area contributed by atoms with E-state index in [1.54, 1.807) is 42.3 Å². The number of nitrogens with one attached hydrogen (secondary N) is 1. The predicted octanol–water partition coefficient (Wildman–Crippen LogP) is 3.16. The molecule has 11 nitrogen and oxygen atoms in total. The van der Waals surface area contributed by atoms with Crippen LogP contribution < -0.4 is 10.2 Å². The number of allylic oxidation sites excluding steroid dienone is 1. The van der Waals surface area contributed by atoms with Crippen molar-refractivity contribution < 1.29 is 9.50 Å². The number of aliphatic hydroxyl groups is 1. The van der Waals surface area contributed by atoms with Gasteiger partial charge in [0.15, 0.2) is 0 Å². The van der Waals surface area contributed by atoms with E-state index in [1.807, 2.05) is 6.92 Å². The van der Waals surface area contributed by atoms with Gasteiger partial charge in [-0.3, -0.25) is 4.68 Å². The number of aliphatic hydroxyl groups excluding tert-OH is 1. The number of guanidine groups is 1. The van der Waals surface area contributed by atoms with Gasteiger partial charge >= 0.3 is 0 Å². The first-order valence-electron chi connectivity index (χ1n) is 11.7. The lowest BCUT2D eigenvalue weighted by Crippen LogP contribution is -2.48. The zero-order chi connectivity index (χ0) is 26.2. The van der Waals surface area contributed by atoms with E-state index in [2.05, 4.69) is 51.9 Å². The number of hydrogen-bond donors (Lipinski definition) is 2. The first-order chi connectivity index (χ1) is 17.9. The highest BCUT2D eigenvalue weighted by Crippen LogP contribution is 2.26. The Morgan fingerprint density at radius 2 is 2.00 bits per heavy atom. The van der Waals surface area contributed by atoms with Crippen LogP contribution in [0.25, 0.3) is 0 Å². The van der Waals surface area contributed by atoms with E-state index in [0.29, 0.717) is 50.6 Å². The monoisotopic (exact) mass is 524 g/mol. The van der Waals surface area contributed by atoms with Gasteiger partial charge in [-0.15, -0.1) is 0 Å². The smallest absolute Gasteiger partial charge is 0.232 e. The van der Waals surface area contributed by atoms with Crippen LogP contribution in [0.1, 0.15) is 13.8 Å². The van der Waals surface area contributed by atoms with Crippen LogP contribution >= 0.6 is 11.8 Å². The van der Waals surface area contributed by atoms with Crippen molar-refractivity contribution in [2.24, 2.45) is 9.98 Å². The number of halogens is 1. The summed E-state index contributed by atoms with van der Waals surface area (Å²) < 4.78 is 14.8. The third-order valence-corrected chi connectivity index (χ3v) is 6.28. The molecule has 1 atom stereocenters. The first kappa shape index (κ1) is 26.2. The van der Waals surface area contributed by atoms with Crippen LogP contribution in [0.4, 0.5) is 22.0 Å². The Labute approximate surface area is 218 Å². The molecule has 0 unspecified atom stereocenters. The number of rotatable bonds is 8. The van der Waals surface area contributed by atoms with Crippen LogP contribution in [0.5, 0.6) is 0 Å². The van der Waals surface area contributed by atoms with E-state index in [0.717, 1.165) is 15.5 Å². The molecule has 0 aliphatic carbocycles. The average Bonchev–Trinajstić information content (AvgIpc) is 3.32. The minimum Gasteiger partial charge on any atom is -0.391 e. The second-order valence-electron chi connectivity index (χ2n) is 8.39. The molecule has 0 bridgehead atoms. The molecule has 1 aromatic carbocycles. The maximum atomic E-state index is 13.1. The molecule has 2 N–H and O–H groups in total. The Morgan fingerprint density at radius 3 is 2.70 bits per heavy atom. The Balaban J connectivity index is 1.33. The minimum absolute atomic E-state index is 0.258. The fourth-order valence-corrected chi connectivity index (χ4v) is 4.37. The van der Waals surface area contributed by atoms with Crippen LogP contribution in [0.15, 0.2) is 69.0 Å². The van der Waals surface area contributed by atoms with E-state index >= 15 is 0 Å². The number of aromatic nitrogens is 5. The van der Waals surface area contributed by atoms with Crippen molar-refractivity contribution in [1.82, 2.24) is 29.6 Å². The Kier molecular flexibility index (Phi) is 8.80. The summed E-state index contributed by atoms with van der Waals surface area (Å²) in [7, 11) is 0. The summed E-state index contributed by atoms with van der Waals surface area (Å²) in [5, 5.41) is 16.9. The lowest BCUT2D eigenvalue weighted by atomic mass is 10.3. The van der Waals surface area contributed by atoms with Crippen molar-refractivity contribution in [2.75, 3.05) is 36.4 Å². The highest BCUT2D eigenvalue weighted by Gasteiger charge is 2.21. The van der Waals surface area contributed by atoms with E-state index in [9.17, 15) is 9.50 Å². The van der Waals surface area contributed by atoms with E-state index < -0.39 is 6.10 Å². The maximum Gasteiger partial charge on any atom is 0.232 e. The fourth-order valence-electron chi connectivity index (χ4n) is 3.62. The Hall–Kier alpha value is -3.84. The van der Waals surface area contributed by atoms with Gasteiger partial charge in [0.1, 0.15) is 12.1 Å². The number of benzene rings is 1. The molecule has 37 heavy (non-hydrogen) atoms. The van der Waals surface area contributed by atoms with Gasteiger partial charge in [-0.25, -0.2) is 24.3 Å².